The zero-order chi connectivity index (χ0) is 25.9. The van der Waals surface area contributed by atoms with E-state index in [1.54, 1.807) is 24.4 Å². The lowest BCUT2D eigenvalue weighted by Gasteiger charge is -2.15. The third-order valence-corrected chi connectivity index (χ3v) is 5.82. The third kappa shape index (κ3) is 7.61. The Morgan fingerprint density at radius 2 is 1.53 bits per heavy atom. The number of aryl methyl sites for hydroxylation is 1. The van der Waals surface area contributed by atoms with Crippen LogP contribution in [0, 0.1) is 10.5 Å². The maximum Gasteiger partial charge on any atom is 0.271 e. The average molecular weight is 602 g/mol. The topological polar surface area (TPSA) is 78.4 Å². The summed E-state index contributed by atoms with van der Waals surface area (Å²) in [5.74, 6) is 2.07. The number of nitrogens with zero attached hydrogens (tertiary/aromatic N) is 1. The van der Waals surface area contributed by atoms with E-state index in [2.05, 4.69) is 52.2 Å². The van der Waals surface area contributed by atoms with Crippen molar-refractivity contribution in [1.29, 1.82) is 0 Å². The summed E-state index contributed by atoms with van der Waals surface area (Å²) in [4.78, 5) is 12.6. The standard InChI is InChI=1S/C28H31IN2O5/c1-5-33-24-13-12-22(16-25(24)34-6-2)28(32)31-30-17-21-14-23(29)27(26(15-21)35-7-3)36-18-20-10-8-19(4)9-11-20/h8-17H,5-7,18H2,1-4H3,(H,31,32)/b30-17+. The van der Waals surface area contributed by atoms with E-state index in [4.69, 9.17) is 18.9 Å². The Hall–Kier alpha value is -3.27. The first kappa shape index (κ1) is 27.3. The predicted molar refractivity (Wildman–Crippen MR) is 150 cm³/mol. The lowest BCUT2D eigenvalue weighted by atomic mass is 10.1. The van der Waals surface area contributed by atoms with E-state index in [1.807, 2.05) is 45.0 Å². The van der Waals surface area contributed by atoms with Gasteiger partial charge in [0.2, 0.25) is 0 Å². The monoisotopic (exact) mass is 602 g/mol. The number of benzene rings is 3. The highest BCUT2D eigenvalue weighted by Crippen LogP contribution is 2.34. The van der Waals surface area contributed by atoms with Gasteiger partial charge in [0.15, 0.2) is 23.0 Å². The molecule has 0 radical (unpaired) electrons. The van der Waals surface area contributed by atoms with Crippen LogP contribution < -0.4 is 24.4 Å². The lowest BCUT2D eigenvalue weighted by Crippen LogP contribution is -2.17. The first-order valence-electron chi connectivity index (χ1n) is 11.8. The molecule has 1 N–H and O–H groups in total. The van der Waals surface area contributed by atoms with Crippen molar-refractivity contribution in [1.82, 2.24) is 5.43 Å². The normalized spacial score (nSPS) is 10.8. The van der Waals surface area contributed by atoms with Gasteiger partial charge in [-0.2, -0.15) is 5.10 Å². The molecule has 0 aliphatic rings. The largest absolute Gasteiger partial charge is 0.490 e. The molecule has 0 atom stereocenters. The molecule has 0 unspecified atom stereocenters. The van der Waals surface area contributed by atoms with Crippen molar-refractivity contribution in [2.45, 2.75) is 34.3 Å². The van der Waals surface area contributed by atoms with E-state index in [9.17, 15) is 4.79 Å². The third-order valence-electron chi connectivity index (χ3n) is 5.02. The van der Waals surface area contributed by atoms with E-state index >= 15 is 0 Å². The highest BCUT2D eigenvalue weighted by molar-refractivity contribution is 14.1. The minimum Gasteiger partial charge on any atom is -0.490 e. The van der Waals surface area contributed by atoms with Crippen molar-refractivity contribution in [2.24, 2.45) is 5.10 Å². The molecule has 0 fully saturated rings. The van der Waals surface area contributed by atoms with Gasteiger partial charge in [0.05, 0.1) is 29.6 Å². The number of halogens is 1. The first-order valence-corrected chi connectivity index (χ1v) is 12.9. The van der Waals surface area contributed by atoms with Crippen molar-refractivity contribution >= 4 is 34.7 Å². The van der Waals surface area contributed by atoms with Gasteiger partial charge in [-0.25, -0.2) is 5.43 Å². The molecule has 7 nitrogen and oxygen atoms in total. The van der Waals surface area contributed by atoms with Crippen LogP contribution in [0.3, 0.4) is 0 Å². The van der Waals surface area contributed by atoms with E-state index in [0.717, 1.165) is 14.7 Å². The molecule has 0 aromatic heterocycles. The fourth-order valence-corrected chi connectivity index (χ4v) is 4.11. The number of rotatable bonds is 12. The number of carbonyl (C=O) groups excluding carboxylic acids is 1. The molecule has 0 saturated heterocycles. The summed E-state index contributed by atoms with van der Waals surface area (Å²) in [6, 6.07) is 17.0. The zero-order valence-corrected chi connectivity index (χ0v) is 23.1. The second-order valence-electron chi connectivity index (χ2n) is 7.76. The fraction of sp³-hybridized carbons (Fsp3) is 0.286. The van der Waals surface area contributed by atoms with Crippen LogP contribution >= 0.6 is 22.6 Å². The smallest absolute Gasteiger partial charge is 0.271 e. The minimum atomic E-state index is -0.354. The first-order chi connectivity index (χ1) is 17.4. The van der Waals surface area contributed by atoms with E-state index < -0.39 is 0 Å². The molecule has 0 aliphatic heterocycles. The maximum atomic E-state index is 12.6. The Labute approximate surface area is 225 Å². The highest BCUT2D eigenvalue weighted by Gasteiger charge is 2.13. The van der Waals surface area contributed by atoms with Gasteiger partial charge < -0.3 is 18.9 Å². The molecule has 0 spiro atoms. The number of nitrogens with one attached hydrogen (secondary N) is 1. The Bertz CT molecular complexity index is 1200. The zero-order valence-electron chi connectivity index (χ0n) is 21.0. The molecular weight excluding hydrogens is 571 g/mol. The van der Waals surface area contributed by atoms with Crippen LogP contribution in [-0.2, 0) is 6.61 Å². The molecular formula is C28H31IN2O5. The number of hydrogen-bond acceptors (Lipinski definition) is 6. The van der Waals surface area contributed by atoms with Gasteiger partial charge in [0.25, 0.3) is 5.91 Å². The lowest BCUT2D eigenvalue weighted by molar-refractivity contribution is 0.0954. The SMILES string of the molecule is CCOc1ccc(C(=O)N/N=C/c2cc(I)c(OCc3ccc(C)cc3)c(OCC)c2)cc1OCC. The molecule has 1 amide bonds. The molecule has 0 saturated carbocycles. The minimum absolute atomic E-state index is 0.354. The van der Waals surface area contributed by atoms with Gasteiger partial charge in [0, 0.05) is 5.56 Å². The van der Waals surface area contributed by atoms with Crippen molar-refractivity contribution < 1.29 is 23.7 Å². The predicted octanol–water partition coefficient (Wildman–Crippen LogP) is 6.14. The molecule has 3 rings (SSSR count). The molecule has 190 valence electrons. The summed E-state index contributed by atoms with van der Waals surface area (Å²) < 4.78 is 23.9. The average Bonchev–Trinajstić information content (AvgIpc) is 2.86. The Morgan fingerprint density at radius 1 is 0.861 bits per heavy atom. The summed E-state index contributed by atoms with van der Waals surface area (Å²) in [5, 5.41) is 4.13. The Morgan fingerprint density at radius 3 is 2.22 bits per heavy atom. The van der Waals surface area contributed by atoms with Gasteiger partial charge in [-0.05, 0) is 91.7 Å². The van der Waals surface area contributed by atoms with Crippen LogP contribution in [0.2, 0.25) is 0 Å². The van der Waals surface area contributed by atoms with Crippen molar-refractivity contribution in [3.8, 4) is 23.0 Å². The van der Waals surface area contributed by atoms with Gasteiger partial charge in [-0.1, -0.05) is 29.8 Å². The number of amides is 1. The highest BCUT2D eigenvalue weighted by atomic mass is 127. The summed E-state index contributed by atoms with van der Waals surface area (Å²) >= 11 is 2.22. The molecule has 0 aliphatic carbocycles. The van der Waals surface area contributed by atoms with Crippen LogP contribution in [0.25, 0.3) is 0 Å². The molecule has 36 heavy (non-hydrogen) atoms. The van der Waals surface area contributed by atoms with Crippen molar-refractivity contribution in [2.75, 3.05) is 19.8 Å². The number of hydrogen-bond donors (Lipinski definition) is 1. The Kier molecular flexibility index (Phi) is 10.4. The summed E-state index contributed by atoms with van der Waals surface area (Å²) in [7, 11) is 0. The van der Waals surface area contributed by atoms with Gasteiger partial charge >= 0.3 is 0 Å². The number of carbonyl (C=O) groups is 1. The summed E-state index contributed by atoms with van der Waals surface area (Å²) in [6.45, 7) is 9.66. The van der Waals surface area contributed by atoms with Gasteiger partial charge in [0.1, 0.15) is 6.61 Å². The van der Waals surface area contributed by atoms with Crippen LogP contribution in [-0.4, -0.2) is 31.9 Å². The van der Waals surface area contributed by atoms with E-state index in [-0.39, 0.29) is 5.91 Å². The second-order valence-corrected chi connectivity index (χ2v) is 8.93. The number of hydrazone groups is 1. The molecule has 8 heteroatoms. The van der Waals surface area contributed by atoms with Crippen LogP contribution in [0.15, 0.2) is 59.7 Å². The molecule has 0 heterocycles. The quantitative estimate of drug-likeness (QED) is 0.153. The number of ether oxygens (including phenoxy) is 4. The second kappa shape index (κ2) is 13.7. The molecule has 3 aromatic carbocycles. The van der Waals surface area contributed by atoms with E-state index in [0.29, 0.717) is 55.0 Å². The molecule has 3 aromatic rings. The summed E-state index contributed by atoms with van der Waals surface area (Å²) in [5.41, 5.74) is 6.04. The van der Waals surface area contributed by atoms with E-state index in [1.165, 1.54) is 5.56 Å². The molecule has 0 bridgehead atoms. The van der Waals surface area contributed by atoms with Gasteiger partial charge in [-0.15, -0.1) is 0 Å². The maximum absolute atomic E-state index is 12.6. The van der Waals surface area contributed by atoms with Crippen LogP contribution in [0.1, 0.15) is 47.8 Å². The van der Waals surface area contributed by atoms with Gasteiger partial charge in [-0.3, -0.25) is 4.79 Å². The van der Waals surface area contributed by atoms with Crippen LogP contribution in [0.5, 0.6) is 23.0 Å². The Balaban J connectivity index is 1.71. The fourth-order valence-electron chi connectivity index (χ4n) is 3.33. The van der Waals surface area contributed by atoms with Crippen molar-refractivity contribution in [3.63, 3.8) is 0 Å². The van der Waals surface area contributed by atoms with Crippen molar-refractivity contribution in [3.05, 3.63) is 80.4 Å². The summed E-state index contributed by atoms with van der Waals surface area (Å²) in [6.07, 6.45) is 1.57. The van der Waals surface area contributed by atoms with Crippen LogP contribution in [0.4, 0.5) is 0 Å².